The maximum atomic E-state index is 12.3. The summed E-state index contributed by atoms with van der Waals surface area (Å²) in [5, 5.41) is 2.92. The minimum atomic E-state index is -0.308. The van der Waals surface area contributed by atoms with Crippen LogP contribution in [0, 0.1) is 12.8 Å². The molecule has 20 heavy (non-hydrogen) atoms. The largest absolute Gasteiger partial charge is 0.354 e. The third kappa shape index (κ3) is 2.84. The Hall–Kier alpha value is -1.84. The van der Waals surface area contributed by atoms with Gasteiger partial charge >= 0.3 is 0 Å². The fraction of sp³-hybridized carbons (Fsp3) is 0.500. The van der Waals surface area contributed by atoms with E-state index in [9.17, 15) is 9.59 Å². The number of hydrogen-bond donors (Lipinski definition) is 1. The Kier molecular flexibility index (Phi) is 4.12. The fourth-order valence-corrected chi connectivity index (χ4v) is 2.72. The number of hydrogen-bond acceptors (Lipinski definition) is 2. The molecule has 0 saturated carbocycles. The number of nitrogens with one attached hydrogen (secondary N) is 1. The van der Waals surface area contributed by atoms with Gasteiger partial charge in [-0.1, -0.05) is 29.8 Å². The third-order valence-corrected chi connectivity index (χ3v) is 3.77. The van der Waals surface area contributed by atoms with E-state index in [1.807, 2.05) is 45.0 Å². The minimum Gasteiger partial charge on any atom is -0.354 e. The number of amides is 2. The molecule has 0 radical (unpaired) electrons. The van der Waals surface area contributed by atoms with Crippen molar-refractivity contribution < 1.29 is 9.59 Å². The molecule has 1 saturated heterocycles. The quantitative estimate of drug-likeness (QED) is 0.917. The maximum absolute atomic E-state index is 12.3. The summed E-state index contributed by atoms with van der Waals surface area (Å²) in [5.74, 6) is -0.319. The molecule has 1 heterocycles. The molecule has 1 aliphatic rings. The number of carbonyl (C=O) groups excluding carboxylic acids is 2. The molecule has 1 aromatic carbocycles. The topological polar surface area (TPSA) is 49.4 Å². The molecule has 0 unspecified atom stereocenters. The molecule has 0 bridgehead atoms. The number of likely N-dealkylation sites (tertiary alicyclic amines) is 1. The molecule has 1 N–H and O–H groups in total. The van der Waals surface area contributed by atoms with Gasteiger partial charge in [-0.2, -0.15) is 0 Å². The highest BCUT2D eigenvalue weighted by atomic mass is 16.2. The zero-order chi connectivity index (χ0) is 14.9. The first-order chi connectivity index (χ1) is 9.40. The van der Waals surface area contributed by atoms with Crippen LogP contribution in [0.5, 0.6) is 0 Å². The summed E-state index contributed by atoms with van der Waals surface area (Å²) in [6.07, 6.45) is 0.285. The molecular weight excluding hydrogens is 252 g/mol. The van der Waals surface area contributed by atoms with Crippen molar-refractivity contribution in [2.24, 2.45) is 5.92 Å². The van der Waals surface area contributed by atoms with Gasteiger partial charge in [-0.05, 0) is 26.3 Å². The Morgan fingerprint density at radius 2 is 1.90 bits per heavy atom. The van der Waals surface area contributed by atoms with Crippen molar-refractivity contribution >= 4 is 11.8 Å². The first-order valence-corrected chi connectivity index (χ1v) is 7.02. The first kappa shape index (κ1) is 14.6. The number of aryl methyl sites for hydroxylation is 1. The van der Waals surface area contributed by atoms with Crippen molar-refractivity contribution in [2.75, 3.05) is 7.05 Å². The van der Waals surface area contributed by atoms with Gasteiger partial charge in [0.2, 0.25) is 11.8 Å². The summed E-state index contributed by atoms with van der Waals surface area (Å²) in [6.45, 7) is 5.88. The summed E-state index contributed by atoms with van der Waals surface area (Å²) < 4.78 is 0. The Morgan fingerprint density at radius 3 is 2.45 bits per heavy atom. The van der Waals surface area contributed by atoms with E-state index in [4.69, 9.17) is 0 Å². The van der Waals surface area contributed by atoms with Crippen LogP contribution in [0.1, 0.15) is 37.4 Å². The molecule has 2 atom stereocenters. The normalized spacial score (nSPS) is 22.4. The van der Waals surface area contributed by atoms with Crippen molar-refractivity contribution in [2.45, 2.75) is 39.3 Å². The van der Waals surface area contributed by atoms with E-state index in [1.54, 1.807) is 11.9 Å². The smallest absolute Gasteiger partial charge is 0.226 e. The van der Waals surface area contributed by atoms with Gasteiger partial charge in [0.05, 0.1) is 12.0 Å². The minimum absolute atomic E-state index is 0.0273. The molecule has 0 spiro atoms. The third-order valence-electron chi connectivity index (χ3n) is 3.77. The molecule has 4 nitrogen and oxygen atoms in total. The van der Waals surface area contributed by atoms with Crippen molar-refractivity contribution in [3.8, 4) is 0 Å². The average Bonchev–Trinajstić information content (AvgIpc) is 2.67. The van der Waals surface area contributed by atoms with E-state index < -0.39 is 0 Å². The lowest BCUT2D eigenvalue weighted by atomic mass is 9.92. The summed E-state index contributed by atoms with van der Waals surface area (Å²) in [6, 6.07) is 7.96. The lowest BCUT2D eigenvalue weighted by molar-refractivity contribution is -0.128. The van der Waals surface area contributed by atoms with E-state index in [0.29, 0.717) is 0 Å². The van der Waals surface area contributed by atoms with Gasteiger partial charge in [0.15, 0.2) is 0 Å². The Morgan fingerprint density at radius 1 is 1.30 bits per heavy atom. The van der Waals surface area contributed by atoms with Gasteiger partial charge in [0.25, 0.3) is 0 Å². The van der Waals surface area contributed by atoms with E-state index in [0.717, 1.165) is 5.56 Å². The highest BCUT2D eigenvalue weighted by Crippen LogP contribution is 2.37. The summed E-state index contributed by atoms with van der Waals surface area (Å²) in [5.41, 5.74) is 2.19. The first-order valence-electron chi connectivity index (χ1n) is 7.02. The zero-order valence-electron chi connectivity index (χ0n) is 12.5. The highest BCUT2D eigenvalue weighted by Gasteiger charge is 2.42. The van der Waals surface area contributed by atoms with Gasteiger partial charge in [0.1, 0.15) is 0 Å². The maximum Gasteiger partial charge on any atom is 0.226 e. The van der Waals surface area contributed by atoms with Crippen molar-refractivity contribution in [3.05, 3.63) is 35.4 Å². The summed E-state index contributed by atoms with van der Waals surface area (Å²) >= 11 is 0. The number of rotatable bonds is 3. The molecular formula is C16H22N2O2. The van der Waals surface area contributed by atoms with Crippen molar-refractivity contribution in [1.82, 2.24) is 10.2 Å². The fourth-order valence-electron chi connectivity index (χ4n) is 2.72. The molecule has 2 rings (SSSR count). The van der Waals surface area contributed by atoms with Crippen LogP contribution in [-0.4, -0.2) is 29.8 Å². The highest BCUT2D eigenvalue weighted by molar-refractivity contribution is 5.90. The molecule has 108 valence electrons. The molecule has 0 aliphatic carbocycles. The van der Waals surface area contributed by atoms with Crippen molar-refractivity contribution in [3.63, 3.8) is 0 Å². The Bertz CT molecular complexity index is 508. The lowest BCUT2D eigenvalue weighted by Gasteiger charge is -2.25. The van der Waals surface area contributed by atoms with Gasteiger partial charge in [-0.15, -0.1) is 0 Å². The SMILES string of the molecule is Cc1ccc([C@H]2[C@@H](C(=O)NC(C)C)CC(=O)N2C)cc1. The van der Waals surface area contributed by atoms with Gasteiger partial charge in [0, 0.05) is 19.5 Å². The van der Waals surface area contributed by atoms with Crippen LogP contribution < -0.4 is 5.32 Å². The molecule has 4 heteroatoms. The Balaban J connectivity index is 2.28. The van der Waals surface area contributed by atoms with Crippen LogP contribution in [-0.2, 0) is 9.59 Å². The van der Waals surface area contributed by atoms with Gasteiger partial charge in [-0.3, -0.25) is 9.59 Å². The molecule has 1 aliphatic heterocycles. The van der Waals surface area contributed by atoms with Gasteiger partial charge < -0.3 is 10.2 Å². The molecule has 1 aromatic rings. The number of benzene rings is 1. The number of carbonyl (C=O) groups is 2. The van der Waals surface area contributed by atoms with Crippen molar-refractivity contribution in [1.29, 1.82) is 0 Å². The van der Waals surface area contributed by atoms with Crippen LogP contribution in [0.25, 0.3) is 0 Å². The van der Waals surface area contributed by atoms with E-state index in [-0.39, 0.29) is 36.2 Å². The molecule has 1 fully saturated rings. The van der Waals surface area contributed by atoms with Gasteiger partial charge in [-0.25, -0.2) is 0 Å². The van der Waals surface area contributed by atoms with Crippen LogP contribution in [0.4, 0.5) is 0 Å². The predicted octanol–water partition coefficient (Wildman–Crippen LogP) is 2.04. The van der Waals surface area contributed by atoms with Crippen LogP contribution in [0.2, 0.25) is 0 Å². The van der Waals surface area contributed by atoms with Crippen LogP contribution >= 0.6 is 0 Å². The van der Waals surface area contributed by atoms with E-state index >= 15 is 0 Å². The monoisotopic (exact) mass is 274 g/mol. The van der Waals surface area contributed by atoms with E-state index in [2.05, 4.69) is 5.32 Å². The number of nitrogens with zero attached hydrogens (tertiary/aromatic N) is 1. The second-order valence-electron chi connectivity index (χ2n) is 5.83. The summed E-state index contributed by atoms with van der Waals surface area (Å²) in [7, 11) is 1.77. The molecule has 2 amide bonds. The predicted molar refractivity (Wildman–Crippen MR) is 78.1 cm³/mol. The Labute approximate surface area is 120 Å². The van der Waals surface area contributed by atoms with Crippen LogP contribution in [0.15, 0.2) is 24.3 Å². The second-order valence-corrected chi connectivity index (χ2v) is 5.83. The molecule has 0 aromatic heterocycles. The summed E-state index contributed by atoms with van der Waals surface area (Å²) in [4.78, 5) is 26.0. The standard InChI is InChI=1S/C16H22N2O2/c1-10(2)17-16(20)13-9-14(19)18(4)15(13)12-7-5-11(3)6-8-12/h5-8,10,13,15H,9H2,1-4H3,(H,17,20)/t13-,15-/m0/s1. The second kappa shape index (κ2) is 5.65. The average molecular weight is 274 g/mol. The zero-order valence-corrected chi connectivity index (χ0v) is 12.5. The van der Waals surface area contributed by atoms with Crippen LogP contribution in [0.3, 0.4) is 0 Å². The van der Waals surface area contributed by atoms with E-state index in [1.165, 1.54) is 5.56 Å². The lowest BCUT2D eigenvalue weighted by Crippen LogP contribution is -2.38.